The molecular weight excluding hydrogens is 379 g/mol. The average Bonchev–Trinajstić information content (AvgIpc) is 3.37. The van der Waals surface area contributed by atoms with Crippen LogP contribution in [0.3, 0.4) is 0 Å². The van der Waals surface area contributed by atoms with Crippen molar-refractivity contribution in [1.29, 1.82) is 0 Å². The van der Waals surface area contributed by atoms with Gasteiger partial charge in [-0.1, -0.05) is 24.3 Å². The van der Waals surface area contributed by atoms with Crippen molar-refractivity contribution >= 4 is 22.5 Å². The van der Waals surface area contributed by atoms with Crippen LogP contribution in [-0.4, -0.2) is 59.7 Å². The largest absolute Gasteiger partial charge is 0.336 e. The van der Waals surface area contributed by atoms with E-state index in [4.69, 9.17) is 0 Å². The Morgan fingerprint density at radius 3 is 2.57 bits per heavy atom. The van der Waals surface area contributed by atoms with E-state index < -0.39 is 0 Å². The van der Waals surface area contributed by atoms with Crippen LogP contribution in [0.2, 0.25) is 0 Å². The van der Waals surface area contributed by atoms with Crippen LogP contribution in [0.4, 0.5) is 9.18 Å². The molecule has 2 aliphatic rings. The van der Waals surface area contributed by atoms with Gasteiger partial charge in [0, 0.05) is 62.1 Å². The molecule has 5 rings (SSSR count). The minimum absolute atomic E-state index is 0.0526. The van der Waals surface area contributed by atoms with E-state index in [0.717, 1.165) is 56.9 Å². The molecule has 6 heteroatoms. The van der Waals surface area contributed by atoms with Crippen LogP contribution < -0.4 is 5.32 Å². The molecule has 0 spiro atoms. The van der Waals surface area contributed by atoms with E-state index in [1.165, 1.54) is 28.7 Å². The molecule has 1 saturated heterocycles. The summed E-state index contributed by atoms with van der Waals surface area (Å²) >= 11 is 0. The van der Waals surface area contributed by atoms with Crippen LogP contribution >= 0.6 is 0 Å². The SMILES string of the molecule is O=C1NCCN1CCN1CC=C(c2cn(-c3ccc(F)cc3)c3ccccc23)CC1. The van der Waals surface area contributed by atoms with E-state index in [-0.39, 0.29) is 11.8 Å². The van der Waals surface area contributed by atoms with E-state index in [0.29, 0.717) is 0 Å². The van der Waals surface area contributed by atoms with Crippen molar-refractivity contribution in [3.8, 4) is 5.69 Å². The van der Waals surface area contributed by atoms with Gasteiger partial charge in [0.25, 0.3) is 0 Å². The van der Waals surface area contributed by atoms with Crippen LogP contribution in [0.5, 0.6) is 0 Å². The molecule has 0 atom stereocenters. The highest BCUT2D eigenvalue weighted by Crippen LogP contribution is 2.32. The lowest BCUT2D eigenvalue weighted by Gasteiger charge is -2.28. The lowest BCUT2D eigenvalue weighted by atomic mass is 9.99. The molecule has 30 heavy (non-hydrogen) atoms. The number of benzene rings is 2. The van der Waals surface area contributed by atoms with E-state index >= 15 is 0 Å². The topological polar surface area (TPSA) is 40.5 Å². The van der Waals surface area contributed by atoms with Gasteiger partial charge < -0.3 is 14.8 Å². The second-order valence-electron chi connectivity index (χ2n) is 7.91. The molecule has 5 nitrogen and oxygen atoms in total. The summed E-state index contributed by atoms with van der Waals surface area (Å²) in [5.41, 5.74) is 4.68. The highest BCUT2D eigenvalue weighted by molar-refractivity contribution is 5.94. The van der Waals surface area contributed by atoms with Gasteiger partial charge in [-0.2, -0.15) is 0 Å². The molecule has 2 aromatic carbocycles. The Morgan fingerprint density at radius 1 is 1.00 bits per heavy atom. The second-order valence-corrected chi connectivity index (χ2v) is 7.91. The number of carbonyl (C=O) groups excluding carboxylic acids is 1. The molecule has 0 radical (unpaired) electrons. The van der Waals surface area contributed by atoms with Gasteiger partial charge in [-0.15, -0.1) is 0 Å². The minimum Gasteiger partial charge on any atom is -0.336 e. The smallest absolute Gasteiger partial charge is 0.317 e. The van der Waals surface area contributed by atoms with E-state index in [2.05, 4.69) is 45.3 Å². The molecule has 0 aliphatic carbocycles. The zero-order valence-corrected chi connectivity index (χ0v) is 16.9. The Morgan fingerprint density at radius 2 is 1.83 bits per heavy atom. The summed E-state index contributed by atoms with van der Waals surface area (Å²) in [6.45, 7) is 5.10. The molecule has 3 aromatic rings. The zero-order chi connectivity index (χ0) is 20.5. The van der Waals surface area contributed by atoms with Crippen molar-refractivity contribution < 1.29 is 9.18 Å². The summed E-state index contributed by atoms with van der Waals surface area (Å²) in [5, 5.41) is 4.07. The van der Waals surface area contributed by atoms with Gasteiger partial charge in [0.2, 0.25) is 0 Å². The fourth-order valence-corrected chi connectivity index (χ4v) is 4.40. The average molecular weight is 404 g/mol. The third kappa shape index (κ3) is 3.59. The predicted molar refractivity (Wildman–Crippen MR) is 117 cm³/mol. The molecule has 2 amide bonds. The van der Waals surface area contributed by atoms with Crippen LogP contribution in [-0.2, 0) is 0 Å². The molecule has 1 fully saturated rings. The summed E-state index contributed by atoms with van der Waals surface area (Å²) in [6, 6.07) is 15.1. The van der Waals surface area contributed by atoms with Crippen LogP contribution in [0, 0.1) is 5.82 Å². The molecule has 1 aromatic heterocycles. The lowest BCUT2D eigenvalue weighted by Crippen LogP contribution is -2.38. The minimum atomic E-state index is -0.225. The first kappa shape index (κ1) is 18.9. The number of rotatable bonds is 5. The number of nitrogens with zero attached hydrogens (tertiary/aromatic N) is 3. The van der Waals surface area contributed by atoms with Gasteiger partial charge >= 0.3 is 6.03 Å². The van der Waals surface area contributed by atoms with E-state index in [9.17, 15) is 9.18 Å². The third-order valence-electron chi connectivity index (χ3n) is 6.09. The summed E-state index contributed by atoms with van der Waals surface area (Å²) in [7, 11) is 0. The van der Waals surface area contributed by atoms with Crippen molar-refractivity contribution in [1.82, 2.24) is 19.7 Å². The fourth-order valence-electron chi connectivity index (χ4n) is 4.40. The van der Waals surface area contributed by atoms with Crippen molar-refractivity contribution in [3.63, 3.8) is 0 Å². The van der Waals surface area contributed by atoms with E-state index in [1.54, 1.807) is 0 Å². The lowest BCUT2D eigenvalue weighted by molar-refractivity contribution is 0.205. The Labute approximate surface area is 175 Å². The highest BCUT2D eigenvalue weighted by Gasteiger charge is 2.21. The number of carbonyl (C=O) groups is 1. The van der Waals surface area contributed by atoms with Gasteiger partial charge in [-0.3, -0.25) is 4.90 Å². The molecular formula is C24H25FN4O. The standard InChI is InChI=1S/C24H25FN4O/c25-19-5-7-20(8-6-19)29-17-22(21-3-1-2-4-23(21)29)18-9-12-27(13-10-18)15-16-28-14-11-26-24(28)30/h1-9,17H,10-16H2,(H,26,30). The maximum absolute atomic E-state index is 13.4. The van der Waals surface area contributed by atoms with Crippen LogP contribution in [0.15, 0.2) is 60.8 Å². The normalized spacial score (nSPS) is 17.4. The van der Waals surface area contributed by atoms with Crippen LogP contribution in [0.1, 0.15) is 12.0 Å². The van der Waals surface area contributed by atoms with Crippen molar-refractivity contribution in [3.05, 3.63) is 72.2 Å². The molecule has 0 unspecified atom stereocenters. The number of hydrogen-bond donors (Lipinski definition) is 1. The number of hydrogen-bond acceptors (Lipinski definition) is 2. The molecule has 2 aliphatic heterocycles. The Bertz CT molecular complexity index is 1100. The second kappa shape index (κ2) is 7.95. The summed E-state index contributed by atoms with van der Waals surface area (Å²) in [4.78, 5) is 16.0. The first-order chi connectivity index (χ1) is 14.7. The molecule has 0 saturated carbocycles. The number of nitrogens with one attached hydrogen (secondary N) is 1. The fraction of sp³-hybridized carbons (Fsp3) is 0.292. The zero-order valence-electron chi connectivity index (χ0n) is 16.9. The van der Waals surface area contributed by atoms with Crippen LogP contribution in [0.25, 0.3) is 22.2 Å². The quantitative estimate of drug-likeness (QED) is 0.701. The predicted octanol–water partition coefficient (Wildman–Crippen LogP) is 3.88. The van der Waals surface area contributed by atoms with Gasteiger partial charge in [-0.25, -0.2) is 9.18 Å². The third-order valence-corrected chi connectivity index (χ3v) is 6.09. The number of amides is 2. The molecule has 1 N–H and O–H groups in total. The molecule has 154 valence electrons. The maximum Gasteiger partial charge on any atom is 0.317 e. The Balaban J connectivity index is 1.37. The summed E-state index contributed by atoms with van der Waals surface area (Å²) in [5.74, 6) is -0.225. The number of fused-ring (bicyclic) bond motifs is 1. The maximum atomic E-state index is 13.4. The van der Waals surface area contributed by atoms with Crippen molar-refractivity contribution in [2.45, 2.75) is 6.42 Å². The number of para-hydroxylation sites is 1. The highest BCUT2D eigenvalue weighted by atomic mass is 19.1. The Kier molecular flexibility index (Phi) is 5.01. The van der Waals surface area contributed by atoms with Gasteiger partial charge in [0.15, 0.2) is 0 Å². The Hall–Kier alpha value is -3.12. The summed E-state index contributed by atoms with van der Waals surface area (Å²) < 4.78 is 15.5. The van der Waals surface area contributed by atoms with Gasteiger partial charge in [0.05, 0.1) is 5.52 Å². The number of urea groups is 1. The van der Waals surface area contributed by atoms with Gasteiger partial charge in [0.1, 0.15) is 5.82 Å². The first-order valence-corrected chi connectivity index (χ1v) is 10.5. The van der Waals surface area contributed by atoms with Crippen molar-refractivity contribution in [2.24, 2.45) is 0 Å². The van der Waals surface area contributed by atoms with E-state index in [1.807, 2.05) is 23.1 Å². The first-order valence-electron chi connectivity index (χ1n) is 10.5. The molecule has 3 heterocycles. The molecule has 0 bridgehead atoms. The number of halogens is 1. The van der Waals surface area contributed by atoms with Gasteiger partial charge in [-0.05, 0) is 42.3 Å². The summed E-state index contributed by atoms with van der Waals surface area (Å²) in [6.07, 6.45) is 5.46. The van der Waals surface area contributed by atoms with Crippen molar-refractivity contribution in [2.75, 3.05) is 39.3 Å². The monoisotopic (exact) mass is 404 g/mol. The number of aromatic nitrogens is 1.